The minimum Gasteiger partial charge on any atom is -0.324 e. The number of anilines is 1. The Balaban J connectivity index is 2.14. The SMILES string of the molecule is CC(C)c1ccccc1NC(=O)C1(N)CCCCC1. The lowest BCUT2D eigenvalue weighted by atomic mass is 9.82. The fourth-order valence-electron chi connectivity index (χ4n) is 2.77. The van der Waals surface area contributed by atoms with Gasteiger partial charge in [-0.15, -0.1) is 0 Å². The number of benzene rings is 1. The summed E-state index contributed by atoms with van der Waals surface area (Å²) < 4.78 is 0. The molecule has 104 valence electrons. The molecule has 1 aliphatic carbocycles. The molecule has 0 unspecified atom stereocenters. The van der Waals surface area contributed by atoms with Gasteiger partial charge in [0.25, 0.3) is 0 Å². The fraction of sp³-hybridized carbons (Fsp3) is 0.562. The topological polar surface area (TPSA) is 55.1 Å². The van der Waals surface area contributed by atoms with Crippen LogP contribution in [0.3, 0.4) is 0 Å². The Morgan fingerprint density at radius 3 is 2.47 bits per heavy atom. The molecule has 0 aliphatic heterocycles. The molecule has 2 rings (SSSR count). The van der Waals surface area contributed by atoms with Crippen LogP contribution < -0.4 is 11.1 Å². The monoisotopic (exact) mass is 260 g/mol. The second kappa shape index (κ2) is 5.74. The van der Waals surface area contributed by atoms with E-state index in [1.165, 1.54) is 6.42 Å². The quantitative estimate of drug-likeness (QED) is 0.875. The van der Waals surface area contributed by atoms with Crippen LogP contribution in [0.25, 0.3) is 0 Å². The van der Waals surface area contributed by atoms with Crippen LogP contribution in [-0.2, 0) is 4.79 Å². The van der Waals surface area contributed by atoms with Crippen LogP contribution in [0.15, 0.2) is 24.3 Å². The van der Waals surface area contributed by atoms with Crippen molar-refractivity contribution in [3.05, 3.63) is 29.8 Å². The van der Waals surface area contributed by atoms with Crippen LogP contribution in [0.5, 0.6) is 0 Å². The highest BCUT2D eigenvalue weighted by Gasteiger charge is 2.35. The first-order valence-corrected chi connectivity index (χ1v) is 7.22. The molecule has 1 aromatic carbocycles. The van der Waals surface area contributed by atoms with Crippen LogP contribution in [0.4, 0.5) is 5.69 Å². The maximum Gasteiger partial charge on any atom is 0.244 e. The van der Waals surface area contributed by atoms with Gasteiger partial charge in [0.2, 0.25) is 5.91 Å². The largest absolute Gasteiger partial charge is 0.324 e. The fourth-order valence-corrected chi connectivity index (χ4v) is 2.77. The number of nitrogens with two attached hydrogens (primary N) is 1. The summed E-state index contributed by atoms with van der Waals surface area (Å²) in [4.78, 5) is 12.4. The van der Waals surface area contributed by atoms with Gasteiger partial charge in [-0.25, -0.2) is 0 Å². The molecule has 0 radical (unpaired) electrons. The molecule has 0 saturated heterocycles. The second-order valence-corrected chi connectivity index (χ2v) is 5.91. The molecular formula is C16H24N2O. The highest BCUT2D eigenvalue weighted by molar-refractivity contribution is 5.98. The standard InChI is InChI=1S/C16H24N2O/c1-12(2)13-8-4-5-9-14(13)18-15(19)16(17)10-6-3-7-11-16/h4-5,8-9,12H,3,6-7,10-11,17H2,1-2H3,(H,18,19). The maximum atomic E-state index is 12.4. The van der Waals surface area contributed by atoms with Gasteiger partial charge in [0.05, 0.1) is 5.54 Å². The van der Waals surface area contributed by atoms with E-state index in [1.807, 2.05) is 18.2 Å². The highest BCUT2D eigenvalue weighted by atomic mass is 16.2. The Bertz CT molecular complexity index is 448. The second-order valence-electron chi connectivity index (χ2n) is 5.91. The van der Waals surface area contributed by atoms with E-state index < -0.39 is 5.54 Å². The van der Waals surface area contributed by atoms with Gasteiger partial charge < -0.3 is 11.1 Å². The van der Waals surface area contributed by atoms with Crippen molar-refractivity contribution in [3.63, 3.8) is 0 Å². The summed E-state index contributed by atoms with van der Waals surface area (Å²) in [6.45, 7) is 4.26. The third-order valence-electron chi connectivity index (χ3n) is 4.03. The zero-order valence-electron chi connectivity index (χ0n) is 11.9. The highest BCUT2D eigenvalue weighted by Crippen LogP contribution is 2.29. The summed E-state index contributed by atoms with van der Waals surface area (Å²) in [6.07, 6.45) is 4.88. The van der Waals surface area contributed by atoms with Crippen LogP contribution >= 0.6 is 0 Å². The molecule has 3 N–H and O–H groups in total. The summed E-state index contributed by atoms with van der Waals surface area (Å²) in [7, 11) is 0. The molecule has 0 aromatic heterocycles. The minimum atomic E-state index is -0.678. The van der Waals surface area contributed by atoms with E-state index in [-0.39, 0.29) is 5.91 Å². The number of hydrogen-bond donors (Lipinski definition) is 2. The van der Waals surface area contributed by atoms with Gasteiger partial charge in [-0.2, -0.15) is 0 Å². The smallest absolute Gasteiger partial charge is 0.244 e. The van der Waals surface area contributed by atoms with E-state index in [2.05, 4.69) is 25.2 Å². The first kappa shape index (κ1) is 14.1. The number of hydrogen-bond acceptors (Lipinski definition) is 2. The van der Waals surface area contributed by atoms with Gasteiger partial charge >= 0.3 is 0 Å². The minimum absolute atomic E-state index is 0.0275. The van der Waals surface area contributed by atoms with Crippen LogP contribution in [-0.4, -0.2) is 11.4 Å². The maximum absolute atomic E-state index is 12.4. The first-order valence-electron chi connectivity index (χ1n) is 7.22. The zero-order valence-corrected chi connectivity index (χ0v) is 11.9. The predicted octanol–water partition coefficient (Wildman–Crippen LogP) is 3.41. The van der Waals surface area contributed by atoms with E-state index in [1.54, 1.807) is 0 Å². The van der Waals surface area contributed by atoms with Gasteiger partial charge in [0.15, 0.2) is 0 Å². The van der Waals surface area contributed by atoms with Gasteiger partial charge in [-0.1, -0.05) is 51.3 Å². The molecule has 0 spiro atoms. The van der Waals surface area contributed by atoms with Crippen molar-refractivity contribution in [3.8, 4) is 0 Å². The number of para-hydroxylation sites is 1. The molecular weight excluding hydrogens is 236 g/mol. The molecule has 0 bridgehead atoms. The van der Waals surface area contributed by atoms with Crippen molar-refractivity contribution in [1.29, 1.82) is 0 Å². The summed E-state index contributed by atoms with van der Waals surface area (Å²) in [5, 5.41) is 3.04. The molecule has 3 heteroatoms. The molecule has 1 aliphatic rings. The number of carbonyl (C=O) groups is 1. The van der Waals surface area contributed by atoms with E-state index >= 15 is 0 Å². The van der Waals surface area contributed by atoms with Gasteiger partial charge in [-0.3, -0.25) is 4.79 Å². The summed E-state index contributed by atoms with van der Waals surface area (Å²) >= 11 is 0. The molecule has 0 atom stereocenters. The third kappa shape index (κ3) is 3.16. The molecule has 0 heterocycles. The number of rotatable bonds is 3. The van der Waals surface area contributed by atoms with Crippen LogP contribution in [0.2, 0.25) is 0 Å². The number of nitrogens with one attached hydrogen (secondary N) is 1. The molecule has 3 nitrogen and oxygen atoms in total. The molecule has 1 amide bonds. The summed E-state index contributed by atoms with van der Waals surface area (Å²) in [5.74, 6) is 0.358. The van der Waals surface area contributed by atoms with Gasteiger partial charge in [-0.05, 0) is 30.4 Å². The lowest BCUT2D eigenvalue weighted by molar-refractivity contribution is -0.122. The van der Waals surface area contributed by atoms with Crippen molar-refractivity contribution in [2.24, 2.45) is 5.73 Å². The Kier molecular flexibility index (Phi) is 4.25. The van der Waals surface area contributed by atoms with Crippen LogP contribution in [0.1, 0.15) is 57.4 Å². The van der Waals surface area contributed by atoms with Crippen molar-refractivity contribution >= 4 is 11.6 Å². The molecule has 1 fully saturated rings. The van der Waals surface area contributed by atoms with Crippen molar-refractivity contribution < 1.29 is 4.79 Å². The average molecular weight is 260 g/mol. The van der Waals surface area contributed by atoms with E-state index in [9.17, 15) is 4.79 Å². The molecule has 1 aromatic rings. The predicted molar refractivity (Wildman–Crippen MR) is 79.2 cm³/mol. The van der Waals surface area contributed by atoms with Gasteiger partial charge in [0.1, 0.15) is 0 Å². The van der Waals surface area contributed by atoms with E-state index in [4.69, 9.17) is 5.73 Å². The summed E-state index contributed by atoms with van der Waals surface area (Å²) in [5.41, 5.74) is 7.65. The van der Waals surface area contributed by atoms with Crippen molar-refractivity contribution in [1.82, 2.24) is 0 Å². The van der Waals surface area contributed by atoms with Gasteiger partial charge in [0, 0.05) is 5.69 Å². The average Bonchev–Trinajstić information content (AvgIpc) is 2.40. The molecule has 19 heavy (non-hydrogen) atoms. The number of carbonyl (C=O) groups excluding carboxylic acids is 1. The normalized spacial score (nSPS) is 18.3. The Morgan fingerprint density at radius 1 is 1.21 bits per heavy atom. The van der Waals surface area contributed by atoms with E-state index in [0.29, 0.717) is 5.92 Å². The first-order chi connectivity index (χ1) is 9.03. The van der Waals surface area contributed by atoms with E-state index in [0.717, 1.165) is 36.9 Å². The number of amides is 1. The Morgan fingerprint density at radius 2 is 1.84 bits per heavy atom. The van der Waals surface area contributed by atoms with Crippen LogP contribution in [0, 0.1) is 0 Å². The summed E-state index contributed by atoms with van der Waals surface area (Å²) in [6, 6.07) is 7.97. The third-order valence-corrected chi connectivity index (χ3v) is 4.03. The lowest BCUT2D eigenvalue weighted by Gasteiger charge is -2.32. The molecule has 1 saturated carbocycles. The lowest BCUT2D eigenvalue weighted by Crippen LogP contribution is -2.52. The van der Waals surface area contributed by atoms with Crippen molar-refractivity contribution in [2.45, 2.75) is 57.4 Å². The Hall–Kier alpha value is -1.35. The zero-order chi connectivity index (χ0) is 13.9. The Labute approximate surface area is 115 Å². The van der Waals surface area contributed by atoms with Crippen molar-refractivity contribution in [2.75, 3.05) is 5.32 Å².